The van der Waals surface area contributed by atoms with Crippen LogP contribution in [0.15, 0.2) is 46.9 Å². The minimum Gasteiger partial charge on any atom is -0.399 e. The lowest BCUT2D eigenvalue weighted by molar-refractivity contribution is -0.117. The molecule has 1 atom stereocenters. The molecule has 2 aromatic rings. The molecule has 0 heterocycles. The van der Waals surface area contributed by atoms with Crippen LogP contribution in [-0.4, -0.2) is 5.91 Å². The van der Waals surface area contributed by atoms with E-state index in [1.807, 2.05) is 56.3 Å². The number of anilines is 2. The summed E-state index contributed by atoms with van der Waals surface area (Å²) in [5.41, 5.74) is 9.24. The van der Waals surface area contributed by atoms with E-state index >= 15 is 0 Å². The van der Waals surface area contributed by atoms with Gasteiger partial charge >= 0.3 is 0 Å². The van der Waals surface area contributed by atoms with Crippen LogP contribution >= 0.6 is 15.9 Å². The number of amides is 1. The third kappa shape index (κ3) is 3.39. The van der Waals surface area contributed by atoms with Gasteiger partial charge in [0.15, 0.2) is 0 Å². The molecule has 0 aliphatic rings. The van der Waals surface area contributed by atoms with Gasteiger partial charge in [-0.05, 0) is 65.2 Å². The fourth-order valence-electron chi connectivity index (χ4n) is 1.94. The van der Waals surface area contributed by atoms with Crippen LogP contribution in [0.5, 0.6) is 0 Å². The number of hydrogen-bond acceptors (Lipinski definition) is 2. The molecule has 0 radical (unpaired) electrons. The van der Waals surface area contributed by atoms with Gasteiger partial charge in [-0.1, -0.05) is 18.2 Å². The molecule has 0 saturated carbocycles. The van der Waals surface area contributed by atoms with Crippen LogP contribution in [0.25, 0.3) is 0 Å². The standard InChI is InChI=1S/C16H17BrN2O/c1-10-6-7-15(14(17)8-10)19-16(20)11(2)12-4-3-5-13(18)9-12/h3-9,11H,18H2,1-2H3,(H,19,20). The summed E-state index contributed by atoms with van der Waals surface area (Å²) in [6.07, 6.45) is 0. The maximum absolute atomic E-state index is 12.3. The summed E-state index contributed by atoms with van der Waals surface area (Å²) in [6.45, 7) is 3.87. The topological polar surface area (TPSA) is 55.1 Å². The number of aryl methyl sites for hydroxylation is 1. The first-order chi connectivity index (χ1) is 9.47. The number of nitrogens with two attached hydrogens (primary N) is 1. The Kier molecular flexibility index (Phi) is 4.45. The Labute approximate surface area is 127 Å². The lowest BCUT2D eigenvalue weighted by Gasteiger charge is -2.14. The number of carbonyl (C=O) groups is 1. The van der Waals surface area contributed by atoms with E-state index in [-0.39, 0.29) is 11.8 Å². The van der Waals surface area contributed by atoms with Crippen LogP contribution in [0.2, 0.25) is 0 Å². The van der Waals surface area contributed by atoms with E-state index in [4.69, 9.17) is 5.73 Å². The number of benzene rings is 2. The second-order valence-corrected chi connectivity index (χ2v) is 5.72. The smallest absolute Gasteiger partial charge is 0.231 e. The first-order valence-corrected chi connectivity index (χ1v) is 7.19. The number of nitrogens with one attached hydrogen (secondary N) is 1. The molecule has 4 heteroatoms. The molecule has 0 saturated heterocycles. The quantitative estimate of drug-likeness (QED) is 0.832. The number of hydrogen-bond donors (Lipinski definition) is 2. The normalized spacial score (nSPS) is 11.9. The lowest BCUT2D eigenvalue weighted by atomic mass is 10.00. The van der Waals surface area contributed by atoms with Gasteiger partial charge in [-0.2, -0.15) is 0 Å². The van der Waals surface area contributed by atoms with Crippen molar-refractivity contribution in [3.05, 3.63) is 58.1 Å². The highest BCUT2D eigenvalue weighted by Gasteiger charge is 2.16. The van der Waals surface area contributed by atoms with E-state index in [0.29, 0.717) is 5.69 Å². The zero-order valence-electron chi connectivity index (χ0n) is 11.5. The van der Waals surface area contributed by atoms with Gasteiger partial charge in [-0.25, -0.2) is 0 Å². The van der Waals surface area contributed by atoms with E-state index in [1.165, 1.54) is 0 Å². The molecule has 0 aliphatic carbocycles. The molecule has 2 rings (SSSR count). The Morgan fingerprint density at radius 2 is 2.00 bits per heavy atom. The molecule has 0 aromatic heterocycles. The van der Waals surface area contributed by atoms with Gasteiger partial charge in [0, 0.05) is 10.2 Å². The number of carbonyl (C=O) groups excluding carboxylic acids is 1. The predicted octanol–water partition coefficient (Wildman–Crippen LogP) is 4.08. The van der Waals surface area contributed by atoms with E-state index < -0.39 is 0 Å². The van der Waals surface area contributed by atoms with Gasteiger partial charge in [-0.3, -0.25) is 4.79 Å². The van der Waals surface area contributed by atoms with Crippen LogP contribution in [-0.2, 0) is 4.79 Å². The molecule has 1 unspecified atom stereocenters. The van der Waals surface area contributed by atoms with Crippen molar-refractivity contribution in [2.45, 2.75) is 19.8 Å². The molecule has 0 spiro atoms. The van der Waals surface area contributed by atoms with Crippen molar-refractivity contribution in [1.82, 2.24) is 0 Å². The van der Waals surface area contributed by atoms with Crippen LogP contribution in [0, 0.1) is 6.92 Å². The van der Waals surface area contributed by atoms with E-state index in [2.05, 4.69) is 21.2 Å². The minimum absolute atomic E-state index is 0.0554. The zero-order valence-corrected chi connectivity index (χ0v) is 13.1. The SMILES string of the molecule is Cc1ccc(NC(=O)C(C)c2cccc(N)c2)c(Br)c1. The molecule has 0 aliphatic heterocycles. The Balaban J connectivity index is 2.15. The van der Waals surface area contributed by atoms with Gasteiger partial charge in [0.1, 0.15) is 0 Å². The molecular weight excluding hydrogens is 316 g/mol. The maximum atomic E-state index is 12.3. The molecule has 0 bridgehead atoms. The first-order valence-electron chi connectivity index (χ1n) is 6.40. The van der Waals surface area contributed by atoms with E-state index in [9.17, 15) is 4.79 Å². The average Bonchev–Trinajstić information content (AvgIpc) is 2.41. The molecular formula is C16H17BrN2O. The Morgan fingerprint density at radius 3 is 2.65 bits per heavy atom. The number of rotatable bonds is 3. The predicted molar refractivity (Wildman–Crippen MR) is 86.8 cm³/mol. The molecule has 0 fully saturated rings. The number of halogens is 1. The fraction of sp³-hybridized carbons (Fsp3) is 0.188. The second kappa shape index (κ2) is 6.09. The van der Waals surface area contributed by atoms with Crippen molar-refractivity contribution in [3.63, 3.8) is 0 Å². The van der Waals surface area contributed by atoms with Crippen LogP contribution < -0.4 is 11.1 Å². The largest absolute Gasteiger partial charge is 0.399 e. The summed E-state index contributed by atoms with van der Waals surface area (Å²) in [7, 11) is 0. The minimum atomic E-state index is -0.258. The van der Waals surface area contributed by atoms with Gasteiger partial charge in [-0.15, -0.1) is 0 Å². The highest BCUT2D eigenvalue weighted by Crippen LogP contribution is 2.25. The molecule has 3 N–H and O–H groups in total. The van der Waals surface area contributed by atoms with Crippen molar-refractivity contribution in [1.29, 1.82) is 0 Å². The van der Waals surface area contributed by atoms with Gasteiger partial charge in [0.25, 0.3) is 0 Å². The molecule has 104 valence electrons. The molecule has 1 amide bonds. The van der Waals surface area contributed by atoms with Crippen molar-refractivity contribution in [2.75, 3.05) is 11.1 Å². The summed E-state index contributed by atoms with van der Waals surface area (Å²) in [4.78, 5) is 12.3. The van der Waals surface area contributed by atoms with Gasteiger partial charge < -0.3 is 11.1 Å². The number of nitrogen functional groups attached to an aromatic ring is 1. The van der Waals surface area contributed by atoms with Gasteiger partial charge in [0.05, 0.1) is 11.6 Å². The van der Waals surface area contributed by atoms with Crippen molar-refractivity contribution in [3.8, 4) is 0 Å². The van der Waals surface area contributed by atoms with Crippen molar-refractivity contribution < 1.29 is 4.79 Å². The van der Waals surface area contributed by atoms with Crippen LogP contribution in [0.4, 0.5) is 11.4 Å². The highest BCUT2D eigenvalue weighted by molar-refractivity contribution is 9.10. The Bertz CT molecular complexity index is 640. The summed E-state index contributed by atoms with van der Waals surface area (Å²) >= 11 is 3.46. The summed E-state index contributed by atoms with van der Waals surface area (Å²) in [5, 5.41) is 2.93. The Hall–Kier alpha value is -1.81. The van der Waals surface area contributed by atoms with E-state index in [0.717, 1.165) is 21.3 Å². The molecule has 3 nitrogen and oxygen atoms in total. The summed E-state index contributed by atoms with van der Waals surface area (Å²) in [5.74, 6) is -0.313. The summed E-state index contributed by atoms with van der Waals surface area (Å²) < 4.78 is 0.880. The second-order valence-electron chi connectivity index (χ2n) is 4.86. The molecule has 2 aromatic carbocycles. The lowest BCUT2D eigenvalue weighted by Crippen LogP contribution is -2.19. The van der Waals surface area contributed by atoms with Crippen LogP contribution in [0.3, 0.4) is 0 Å². The van der Waals surface area contributed by atoms with Crippen molar-refractivity contribution >= 4 is 33.2 Å². The highest BCUT2D eigenvalue weighted by atomic mass is 79.9. The third-order valence-electron chi connectivity index (χ3n) is 3.19. The third-order valence-corrected chi connectivity index (χ3v) is 3.84. The van der Waals surface area contributed by atoms with Crippen molar-refractivity contribution in [2.24, 2.45) is 0 Å². The molecule has 20 heavy (non-hydrogen) atoms. The van der Waals surface area contributed by atoms with E-state index in [1.54, 1.807) is 0 Å². The van der Waals surface area contributed by atoms with Gasteiger partial charge in [0.2, 0.25) is 5.91 Å². The zero-order chi connectivity index (χ0) is 14.7. The van der Waals surface area contributed by atoms with Crippen LogP contribution in [0.1, 0.15) is 24.0 Å². The Morgan fingerprint density at radius 1 is 1.25 bits per heavy atom. The summed E-state index contributed by atoms with van der Waals surface area (Å²) in [6, 6.07) is 13.2. The maximum Gasteiger partial charge on any atom is 0.231 e. The monoisotopic (exact) mass is 332 g/mol. The average molecular weight is 333 g/mol. The fourth-order valence-corrected chi connectivity index (χ4v) is 2.53. The first kappa shape index (κ1) is 14.6.